The van der Waals surface area contributed by atoms with Gasteiger partial charge in [0.15, 0.2) is 5.75 Å². The van der Waals surface area contributed by atoms with Crippen LogP contribution in [0.1, 0.15) is 15.9 Å². The number of anilines is 1. The molecule has 0 saturated carbocycles. The van der Waals surface area contributed by atoms with Crippen LogP contribution in [0.25, 0.3) is 10.8 Å². The molecule has 4 aromatic carbocycles. The Morgan fingerprint density at radius 1 is 0.971 bits per heavy atom. The normalized spacial score (nSPS) is 11.2. The highest BCUT2D eigenvalue weighted by Gasteiger charge is 2.21. The average molecular weight is 492 g/mol. The highest BCUT2D eigenvalue weighted by atomic mass is 32.2. The number of nitro groups is 1. The first-order valence-electron chi connectivity index (χ1n) is 10.5. The van der Waals surface area contributed by atoms with Crippen molar-refractivity contribution in [2.45, 2.75) is 11.4 Å². The van der Waals surface area contributed by atoms with E-state index in [0.717, 1.165) is 34.5 Å². The molecule has 4 rings (SSSR count). The van der Waals surface area contributed by atoms with Gasteiger partial charge in [0.2, 0.25) is 0 Å². The zero-order chi connectivity index (χ0) is 25.2. The number of fused-ring (bicyclic) bond motifs is 1. The monoisotopic (exact) mass is 491 g/mol. The number of rotatable bonds is 7. The van der Waals surface area contributed by atoms with Gasteiger partial charge in [-0.3, -0.25) is 19.6 Å². The number of phenolic OH excluding ortho intramolecular Hbond substituents is 1. The van der Waals surface area contributed by atoms with E-state index >= 15 is 0 Å². The van der Waals surface area contributed by atoms with Crippen LogP contribution in [-0.4, -0.2) is 36.3 Å². The molecule has 0 saturated heterocycles. The quantitative estimate of drug-likeness (QED) is 0.289. The molecule has 0 unspecified atom stereocenters. The van der Waals surface area contributed by atoms with E-state index in [1.54, 1.807) is 11.9 Å². The molecule has 2 N–H and O–H groups in total. The Morgan fingerprint density at radius 2 is 1.66 bits per heavy atom. The number of hydrogen-bond acceptors (Lipinski definition) is 6. The van der Waals surface area contributed by atoms with E-state index in [9.17, 15) is 28.4 Å². The zero-order valence-corrected chi connectivity index (χ0v) is 19.4. The molecule has 178 valence electrons. The summed E-state index contributed by atoms with van der Waals surface area (Å²) in [7, 11) is -2.47. The third-order valence-electron chi connectivity index (χ3n) is 5.42. The van der Waals surface area contributed by atoms with Gasteiger partial charge in [0.05, 0.1) is 9.82 Å². The fraction of sp³-hybridized carbons (Fsp3) is 0.0800. The first-order chi connectivity index (χ1) is 16.6. The maximum absolute atomic E-state index is 12.9. The molecule has 0 radical (unpaired) electrons. The Morgan fingerprint density at radius 3 is 2.34 bits per heavy atom. The molecule has 0 atom stereocenters. The molecule has 0 spiro atoms. The number of phenols is 1. The lowest BCUT2D eigenvalue weighted by Gasteiger charge is -2.18. The second-order valence-electron chi connectivity index (χ2n) is 7.93. The van der Waals surface area contributed by atoms with Crippen molar-refractivity contribution in [3.05, 3.63) is 106 Å². The smallest absolute Gasteiger partial charge is 0.312 e. The summed E-state index contributed by atoms with van der Waals surface area (Å²) in [6, 6.07) is 22.6. The Balaban J connectivity index is 1.46. The van der Waals surface area contributed by atoms with Gasteiger partial charge in [-0.1, -0.05) is 36.4 Å². The number of sulfonamides is 1. The van der Waals surface area contributed by atoms with Crippen molar-refractivity contribution < 1.29 is 23.2 Å². The average Bonchev–Trinajstić information content (AvgIpc) is 2.83. The summed E-state index contributed by atoms with van der Waals surface area (Å²) in [4.78, 5) is 24.2. The fourth-order valence-corrected chi connectivity index (χ4v) is 4.69. The summed E-state index contributed by atoms with van der Waals surface area (Å²) < 4.78 is 27.6. The van der Waals surface area contributed by atoms with Crippen molar-refractivity contribution in [1.82, 2.24) is 4.90 Å². The van der Waals surface area contributed by atoms with E-state index in [4.69, 9.17) is 0 Å². The van der Waals surface area contributed by atoms with Crippen LogP contribution in [-0.2, 0) is 16.6 Å². The summed E-state index contributed by atoms with van der Waals surface area (Å²) in [6.45, 7) is 0.400. The van der Waals surface area contributed by atoms with Gasteiger partial charge in [-0.25, -0.2) is 8.42 Å². The van der Waals surface area contributed by atoms with E-state index < -0.39 is 26.4 Å². The molecule has 0 aliphatic carbocycles. The minimum atomic E-state index is -4.16. The number of nitrogens with zero attached hydrogens (tertiary/aromatic N) is 2. The Bertz CT molecular complexity index is 1530. The van der Waals surface area contributed by atoms with Crippen LogP contribution in [0.15, 0.2) is 89.8 Å². The maximum atomic E-state index is 12.9. The number of benzene rings is 4. The van der Waals surface area contributed by atoms with Crippen molar-refractivity contribution in [2.24, 2.45) is 0 Å². The zero-order valence-electron chi connectivity index (χ0n) is 18.6. The standard InChI is InChI=1S/C25H21N3O6S/c1-27(16-17-6-7-18-4-2-3-5-20(18)14-17)25(30)19-8-10-21(11-9-19)26-35(33,34)22-12-13-24(29)23(15-22)28(31)32/h2-15,26,29H,16H2,1H3. The van der Waals surface area contributed by atoms with Crippen LogP contribution in [0.2, 0.25) is 0 Å². The topological polar surface area (TPSA) is 130 Å². The molecule has 35 heavy (non-hydrogen) atoms. The molecule has 1 amide bonds. The van der Waals surface area contributed by atoms with Gasteiger partial charge in [-0.05, 0) is 58.8 Å². The summed E-state index contributed by atoms with van der Waals surface area (Å²) >= 11 is 0. The van der Waals surface area contributed by atoms with Crippen LogP contribution in [0, 0.1) is 10.1 Å². The van der Waals surface area contributed by atoms with Crippen LogP contribution < -0.4 is 4.72 Å². The van der Waals surface area contributed by atoms with Crippen LogP contribution in [0.4, 0.5) is 11.4 Å². The van der Waals surface area contributed by atoms with Gasteiger partial charge >= 0.3 is 5.69 Å². The Labute approximate surface area is 201 Å². The van der Waals surface area contributed by atoms with Gasteiger partial charge in [0.25, 0.3) is 15.9 Å². The number of amides is 1. The minimum Gasteiger partial charge on any atom is -0.502 e. The molecule has 0 heterocycles. The third-order valence-corrected chi connectivity index (χ3v) is 6.80. The second-order valence-corrected chi connectivity index (χ2v) is 9.62. The molecule has 10 heteroatoms. The molecule has 4 aromatic rings. The van der Waals surface area contributed by atoms with E-state index in [2.05, 4.69) is 4.72 Å². The number of nitrogens with one attached hydrogen (secondary N) is 1. The van der Waals surface area contributed by atoms with Gasteiger partial charge in [-0.2, -0.15) is 0 Å². The first kappa shape index (κ1) is 23.7. The summed E-state index contributed by atoms with van der Waals surface area (Å²) in [5.74, 6) is -0.869. The molecular weight excluding hydrogens is 470 g/mol. The molecule has 9 nitrogen and oxygen atoms in total. The van der Waals surface area contributed by atoms with Gasteiger partial charge in [0.1, 0.15) is 0 Å². The van der Waals surface area contributed by atoms with E-state index in [1.165, 1.54) is 24.3 Å². The number of nitro benzene ring substituents is 1. The molecule has 0 aliphatic heterocycles. The highest BCUT2D eigenvalue weighted by Crippen LogP contribution is 2.29. The molecule has 0 fully saturated rings. The van der Waals surface area contributed by atoms with Crippen molar-refractivity contribution in [3.8, 4) is 5.75 Å². The Kier molecular flexibility index (Phi) is 6.39. The van der Waals surface area contributed by atoms with Gasteiger partial charge in [-0.15, -0.1) is 0 Å². The lowest BCUT2D eigenvalue weighted by atomic mass is 10.1. The molecule has 0 aromatic heterocycles. The maximum Gasteiger partial charge on any atom is 0.312 e. The Hall–Kier alpha value is -4.44. The molecular formula is C25H21N3O6S. The third kappa shape index (κ3) is 5.22. The van der Waals surface area contributed by atoms with Gasteiger partial charge < -0.3 is 10.0 Å². The SMILES string of the molecule is CN(Cc1ccc2ccccc2c1)C(=O)c1ccc(NS(=O)(=O)c2ccc(O)c([N+](=O)[O-])c2)cc1. The number of hydrogen-bond donors (Lipinski definition) is 2. The molecule has 0 bridgehead atoms. The van der Waals surface area contributed by atoms with E-state index in [0.29, 0.717) is 12.1 Å². The fourth-order valence-electron chi connectivity index (χ4n) is 3.61. The predicted octanol–water partition coefficient (Wildman–Crippen LogP) is 4.53. The van der Waals surface area contributed by atoms with Crippen LogP contribution >= 0.6 is 0 Å². The minimum absolute atomic E-state index is 0.175. The summed E-state index contributed by atoms with van der Waals surface area (Å²) in [5, 5.41) is 22.7. The number of aromatic hydroxyl groups is 1. The van der Waals surface area contributed by atoms with Crippen molar-refractivity contribution in [1.29, 1.82) is 0 Å². The molecule has 0 aliphatic rings. The number of carbonyl (C=O) groups is 1. The highest BCUT2D eigenvalue weighted by molar-refractivity contribution is 7.92. The lowest BCUT2D eigenvalue weighted by molar-refractivity contribution is -0.386. The summed E-state index contributed by atoms with van der Waals surface area (Å²) in [5.41, 5.74) is 0.807. The van der Waals surface area contributed by atoms with Crippen LogP contribution in [0.5, 0.6) is 5.75 Å². The number of carbonyl (C=O) groups excluding carboxylic acids is 1. The summed E-state index contributed by atoms with van der Waals surface area (Å²) in [6.07, 6.45) is 0. The second kappa shape index (κ2) is 9.43. The van der Waals surface area contributed by atoms with E-state index in [1.807, 2.05) is 42.5 Å². The van der Waals surface area contributed by atoms with Gasteiger partial charge in [0, 0.05) is 30.9 Å². The largest absolute Gasteiger partial charge is 0.502 e. The first-order valence-corrected chi connectivity index (χ1v) is 12.0. The lowest BCUT2D eigenvalue weighted by Crippen LogP contribution is -2.26. The van der Waals surface area contributed by atoms with E-state index in [-0.39, 0.29) is 16.5 Å². The van der Waals surface area contributed by atoms with Crippen LogP contribution in [0.3, 0.4) is 0 Å². The predicted molar refractivity (Wildman–Crippen MR) is 132 cm³/mol. The van der Waals surface area contributed by atoms with Crippen molar-refractivity contribution in [3.63, 3.8) is 0 Å². The van der Waals surface area contributed by atoms with Crippen molar-refractivity contribution >= 4 is 38.1 Å². The van der Waals surface area contributed by atoms with Crippen molar-refractivity contribution in [2.75, 3.05) is 11.8 Å².